The lowest BCUT2D eigenvalue weighted by atomic mass is 10.2. The Labute approximate surface area is 171 Å². The number of thiocarbonyl (C=S) groups is 1. The van der Waals surface area contributed by atoms with Crippen LogP contribution in [0.25, 0.3) is 0 Å². The fourth-order valence-electron chi connectivity index (χ4n) is 1.87. The Bertz CT molecular complexity index is 737. The van der Waals surface area contributed by atoms with E-state index in [4.69, 9.17) is 16.6 Å². The minimum atomic E-state index is -1.80. The van der Waals surface area contributed by atoms with Crippen LogP contribution >= 0.6 is 35.7 Å². The topological polar surface area (TPSA) is 9.23 Å². The fraction of sp³-hybridized carbons (Fsp3) is 0.350. The molecule has 26 heavy (non-hydrogen) atoms. The number of hydrogen-bond acceptors (Lipinski definition) is 4. The van der Waals surface area contributed by atoms with Crippen LogP contribution in [-0.4, -0.2) is 11.8 Å². The molecule has 0 spiro atoms. The lowest BCUT2D eigenvalue weighted by Crippen LogP contribution is -2.43. The molecule has 0 unspecified atom stereocenters. The summed E-state index contributed by atoms with van der Waals surface area (Å²) in [4.78, 5) is 0.960. The summed E-state index contributed by atoms with van der Waals surface area (Å²) in [5.41, 5.74) is 1.21. The van der Waals surface area contributed by atoms with E-state index in [0.717, 1.165) is 19.9 Å². The average Bonchev–Trinajstić information content (AvgIpc) is 2.55. The van der Waals surface area contributed by atoms with Gasteiger partial charge in [0.25, 0.3) is 0 Å². The first kappa shape index (κ1) is 21.5. The maximum absolute atomic E-state index is 12.9. The van der Waals surface area contributed by atoms with Crippen LogP contribution in [0.5, 0.6) is 5.75 Å². The second kappa shape index (κ2) is 8.91. The number of thioether (sulfide) groups is 2. The second-order valence-corrected chi connectivity index (χ2v) is 15.6. The fourth-order valence-corrected chi connectivity index (χ4v) is 5.01. The molecule has 0 heterocycles. The summed E-state index contributed by atoms with van der Waals surface area (Å²) in [6.45, 7) is 11.2. The van der Waals surface area contributed by atoms with Gasteiger partial charge < -0.3 is 4.43 Å². The highest BCUT2D eigenvalue weighted by Crippen LogP contribution is 2.37. The monoisotopic (exact) mass is 424 g/mol. The number of benzene rings is 2. The van der Waals surface area contributed by atoms with Crippen molar-refractivity contribution >= 4 is 47.6 Å². The van der Waals surface area contributed by atoms with E-state index < -0.39 is 8.32 Å². The summed E-state index contributed by atoms with van der Waals surface area (Å²) < 4.78 is 20.1. The first-order valence-corrected chi connectivity index (χ1v) is 13.6. The Morgan fingerprint density at radius 3 is 2.15 bits per heavy atom. The molecule has 2 aromatic carbocycles. The van der Waals surface area contributed by atoms with E-state index in [1.165, 1.54) is 29.5 Å². The second-order valence-electron chi connectivity index (χ2n) is 7.60. The van der Waals surface area contributed by atoms with E-state index in [1.807, 2.05) is 12.1 Å². The smallest absolute Gasteiger partial charge is 0.250 e. The standard InChI is InChI=1S/C20H25FOS3Si/c1-20(2,3)26(4,5)22-17-10-6-15(7-11-17)14-24-19(23)25-18-12-8-16(21)9-13-18/h6-13H,14H2,1-5H3. The molecule has 0 aliphatic rings. The van der Waals surface area contributed by atoms with E-state index in [1.54, 1.807) is 23.9 Å². The maximum Gasteiger partial charge on any atom is 0.250 e. The molecule has 0 aliphatic heterocycles. The van der Waals surface area contributed by atoms with Gasteiger partial charge in [0.2, 0.25) is 8.32 Å². The molecule has 0 bridgehead atoms. The summed E-state index contributed by atoms with van der Waals surface area (Å²) in [6, 6.07) is 14.7. The summed E-state index contributed by atoms with van der Waals surface area (Å²) in [7, 11) is -1.80. The van der Waals surface area contributed by atoms with E-state index in [0.29, 0.717) is 0 Å². The molecule has 6 heteroatoms. The molecule has 0 saturated heterocycles. The predicted molar refractivity (Wildman–Crippen MR) is 120 cm³/mol. The number of rotatable bonds is 5. The first-order chi connectivity index (χ1) is 12.1. The quantitative estimate of drug-likeness (QED) is 0.279. The molecule has 1 nitrogen and oxygen atoms in total. The van der Waals surface area contributed by atoms with Gasteiger partial charge in [-0.3, -0.25) is 0 Å². The molecule has 140 valence electrons. The summed E-state index contributed by atoms with van der Waals surface area (Å²) in [5.74, 6) is 1.52. The molecular weight excluding hydrogens is 400 g/mol. The van der Waals surface area contributed by atoms with Gasteiger partial charge >= 0.3 is 0 Å². The van der Waals surface area contributed by atoms with Crippen LogP contribution in [0.1, 0.15) is 26.3 Å². The van der Waals surface area contributed by atoms with Gasteiger partial charge in [-0.25, -0.2) is 4.39 Å². The summed E-state index contributed by atoms with van der Waals surface area (Å²) in [5, 5.41) is 0.186. The number of halogens is 1. The molecule has 0 aliphatic carbocycles. The van der Waals surface area contributed by atoms with Crippen molar-refractivity contribution in [2.75, 3.05) is 0 Å². The Balaban J connectivity index is 1.87. The van der Waals surface area contributed by atoms with Crippen molar-refractivity contribution < 1.29 is 8.82 Å². The minimum absolute atomic E-state index is 0.186. The van der Waals surface area contributed by atoms with Gasteiger partial charge in [0.05, 0.1) is 0 Å². The molecule has 0 fully saturated rings. The zero-order valence-electron chi connectivity index (χ0n) is 15.8. The molecule has 0 N–H and O–H groups in total. The molecule has 0 amide bonds. The third-order valence-electron chi connectivity index (χ3n) is 4.47. The summed E-state index contributed by atoms with van der Waals surface area (Å²) >= 11 is 8.53. The van der Waals surface area contributed by atoms with Gasteiger partial charge in [0.15, 0.2) is 0 Å². The van der Waals surface area contributed by atoms with Gasteiger partial charge in [-0.1, -0.05) is 56.9 Å². The first-order valence-electron chi connectivity index (χ1n) is 8.45. The van der Waals surface area contributed by atoms with Gasteiger partial charge in [0.1, 0.15) is 15.1 Å². The average molecular weight is 425 g/mol. The zero-order chi connectivity index (χ0) is 19.4. The van der Waals surface area contributed by atoms with E-state index in [2.05, 4.69) is 46.0 Å². The van der Waals surface area contributed by atoms with Crippen molar-refractivity contribution in [1.82, 2.24) is 0 Å². The van der Waals surface area contributed by atoms with Crippen molar-refractivity contribution in [3.8, 4) is 5.75 Å². The van der Waals surface area contributed by atoms with Gasteiger partial charge in [-0.05, 0) is 60.1 Å². The van der Waals surface area contributed by atoms with Crippen LogP contribution < -0.4 is 4.43 Å². The lowest BCUT2D eigenvalue weighted by Gasteiger charge is -2.36. The predicted octanol–water partition coefficient (Wildman–Crippen LogP) is 7.52. The van der Waals surface area contributed by atoms with Crippen molar-refractivity contribution in [3.63, 3.8) is 0 Å². The molecule has 0 aromatic heterocycles. The highest BCUT2D eigenvalue weighted by atomic mass is 32.2. The Hall–Kier alpha value is -0.823. The van der Waals surface area contributed by atoms with Crippen molar-refractivity contribution in [1.29, 1.82) is 0 Å². The normalized spacial score (nSPS) is 12.1. The minimum Gasteiger partial charge on any atom is -0.544 e. The SMILES string of the molecule is CC(C)(C)[Si](C)(C)Oc1ccc(CSC(=S)Sc2ccc(F)cc2)cc1. The van der Waals surface area contributed by atoms with Crippen molar-refractivity contribution in [2.24, 2.45) is 0 Å². The molecule has 2 rings (SSSR count). The Morgan fingerprint density at radius 2 is 1.62 bits per heavy atom. The Kier molecular flexibility index (Phi) is 7.36. The van der Waals surface area contributed by atoms with E-state index >= 15 is 0 Å². The highest BCUT2D eigenvalue weighted by Gasteiger charge is 2.38. The molecular formula is C20H25FOS3Si. The van der Waals surface area contributed by atoms with Crippen LogP contribution in [0.2, 0.25) is 18.1 Å². The van der Waals surface area contributed by atoms with Crippen LogP contribution in [0.15, 0.2) is 53.4 Å². The van der Waals surface area contributed by atoms with Crippen molar-refractivity contribution in [2.45, 2.75) is 49.6 Å². The third kappa shape index (κ3) is 6.41. The molecule has 2 aromatic rings. The molecule has 0 saturated carbocycles. The van der Waals surface area contributed by atoms with E-state index in [9.17, 15) is 4.39 Å². The Morgan fingerprint density at radius 1 is 1.04 bits per heavy atom. The van der Waals surface area contributed by atoms with Gasteiger partial charge in [0, 0.05) is 10.6 Å². The number of hydrogen-bond donors (Lipinski definition) is 0. The largest absolute Gasteiger partial charge is 0.544 e. The summed E-state index contributed by atoms with van der Waals surface area (Å²) in [6.07, 6.45) is 0. The van der Waals surface area contributed by atoms with Crippen molar-refractivity contribution in [3.05, 3.63) is 59.9 Å². The van der Waals surface area contributed by atoms with Gasteiger partial charge in [-0.2, -0.15) is 0 Å². The van der Waals surface area contributed by atoms with Crippen LogP contribution in [0.3, 0.4) is 0 Å². The van der Waals surface area contributed by atoms with Crippen LogP contribution in [-0.2, 0) is 5.75 Å². The zero-order valence-corrected chi connectivity index (χ0v) is 19.3. The van der Waals surface area contributed by atoms with E-state index in [-0.39, 0.29) is 10.9 Å². The lowest BCUT2D eigenvalue weighted by molar-refractivity contribution is 0.492. The highest BCUT2D eigenvalue weighted by molar-refractivity contribution is 8.46. The maximum atomic E-state index is 12.9. The van der Waals surface area contributed by atoms with Gasteiger partial charge in [-0.15, -0.1) is 11.8 Å². The third-order valence-corrected chi connectivity index (χ3v) is 11.4. The van der Waals surface area contributed by atoms with Crippen LogP contribution in [0.4, 0.5) is 4.39 Å². The molecule has 0 atom stereocenters. The van der Waals surface area contributed by atoms with Crippen LogP contribution in [0, 0.1) is 5.82 Å². The molecule has 0 radical (unpaired) electrons.